The third-order valence-corrected chi connectivity index (χ3v) is 2.72. The predicted octanol–water partition coefficient (Wildman–Crippen LogP) is 2.78. The van der Waals surface area contributed by atoms with Crippen LogP contribution in [-0.4, -0.2) is 22.8 Å². The molecule has 4 nitrogen and oxygen atoms in total. The van der Waals surface area contributed by atoms with Gasteiger partial charge >= 0.3 is 0 Å². The van der Waals surface area contributed by atoms with Gasteiger partial charge in [0.1, 0.15) is 5.82 Å². The molecule has 1 aromatic carbocycles. The minimum atomic E-state index is -0.513. The molecule has 18 heavy (non-hydrogen) atoms. The molecule has 0 aliphatic carbocycles. The van der Waals surface area contributed by atoms with Gasteiger partial charge < -0.3 is 14.0 Å². The summed E-state index contributed by atoms with van der Waals surface area (Å²) in [6.07, 6.45) is -0.513. The molecule has 0 amide bonds. The van der Waals surface area contributed by atoms with Crippen LogP contribution in [0.25, 0.3) is 11.0 Å². The van der Waals surface area contributed by atoms with Gasteiger partial charge in [-0.3, -0.25) is 0 Å². The molecule has 0 unspecified atom stereocenters. The van der Waals surface area contributed by atoms with Gasteiger partial charge in [-0.2, -0.15) is 0 Å². The largest absolute Gasteiger partial charge is 0.346 e. The monoisotopic (exact) mass is 252 g/mol. The van der Waals surface area contributed by atoms with Gasteiger partial charge in [-0.25, -0.2) is 9.37 Å². The van der Waals surface area contributed by atoms with Crippen LogP contribution >= 0.6 is 0 Å². The van der Waals surface area contributed by atoms with Crippen LogP contribution in [0.4, 0.5) is 4.39 Å². The first-order valence-corrected chi connectivity index (χ1v) is 6.02. The predicted molar refractivity (Wildman–Crippen MR) is 66.7 cm³/mol. The second-order valence-corrected chi connectivity index (χ2v) is 3.90. The zero-order chi connectivity index (χ0) is 13.1. The van der Waals surface area contributed by atoms with Crippen LogP contribution in [-0.2, 0) is 16.5 Å². The van der Waals surface area contributed by atoms with Crippen molar-refractivity contribution >= 4 is 11.0 Å². The first kappa shape index (κ1) is 13.0. The number of hydrogen-bond donors (Lipinski definition) is 0. The Morgan fingerprint density at radius 1 is 1.28 bits per heavy atom. The van der Waals surface area contributed by atoms with E-state index in [0.29, 0.717) is 19.0 Å². The molecule has 1 heterocycles. The average Bonchev–Trinajstić information content (AvgIpc) is 2.67. The number of rotatable bonds is 5. The maximum atomic E-state index is 13.2. The number of aromatic nitrogens is 2. The SMILES string of the molecule is CCOC(OCC)c1nc2ccc(F)cc2n1C. The first-order chi connectivity index (χ1) is 8.67. The van der Waals surface area contributed by atoms with Crippen LogP contribution in [0.15, 0.2) is 18.2 Å². The Morgan fingerprint density at radius 3 is 2.56 bits per heavy atom. The highest BCUT2D eigenvalue weighted by Gasteiger charge is 2.19. The lowest BCUT2D eigenvalue weighted by atomic mass is 10.3. The molecule has 0 saturated carbocycles. The molecule has 0 atom stereocenters. The fraction of sp³-hybridized carbons (Fsp3) is 0.462. The number of fused-ring (bicyclic) bond motifs is 1. The lowest BCUT2D eigenvalue weighted by Gasteiger charge is -2.16. The molecule has 0 radical (unpaired) electrons. The Labute approximate surface area is 105 Å². The smallest absolute Gasteiger partial charge is 0.217 e. The summed E-state index contributed by atoms with van der Waals surface area (Å²) in [7, 11) is 1.83. The van der Waals surface area contributed by atoms with E-state index in [2.05, 4.69) is 4.98 Å². The second-order valence-electron chi connectivity index (χ2n) is 3.90. The Kier molecular flexibility index (Phi) is 3.93. The van der Waals surface area contributed by atoms with Crippen LogP contribution in [0.5, 0.6) is 0 Å². The van der Waals surface area contributed by atoms with Crippen molar-refractivity contribution in [3.8, 4) is 0 Å². The van der Waals surface area contributed by atoms with Crippen LogP contribution in [0.2, 0.25) is 0 Å². The Hall–Kier alpha value is -1.46. The molecule has 5 heteroatoms. The quantitative estimate of drug-likeness (QED) is 0.768. The third kappa shape index (κ3) is 2.37. The standard InChI is InChI=1S/C13H17FN2O2/c1-4-17-13(18-5-2)12-15-10-7-6-9(14)8-11(10)16(12)3/h6-8,13H,4-5H2,1-3H3. The number of nitrogens with zero attached hydrogens (tertiary/aromatic N) is 2. The summed E-state index contributed by atoms with van der Waals surface area (Å²) in [6, 6.07) is 4.51. The molecule has 0 aliphatic heterocycles. The van der Waals surface area contributed by atoms with E-state index in [1.165, 1.54) is 12.1 Å². The van der Waals surface area contributed by atoms with E-state index in [4.69, 9.17) is 9.47 Å². The normalized spacial score (nSPS) is 11.6. The van der Waals surface area contributed by atoms with Crippen LogP contribution < -0.4 is 0 Å². The Bertz CT molecular complexity index is 533. The van der Waals surface area contributed by atoms with Crippen molar-refractivity contribution in [3.63, 3.8) is 0 Å². The van der Waals surface area contributed by atoms with E-state index in [1.54, 1.807) is 10.6 Å². The van der Waals surface area contributed by atoms with E-state index in [-0.39, 0.29) is 5.82 Å². The van der Waals surface area contributed by atoms with E-state index in [1.807, 2.05) is 20.9 Å². The van der Waals surface area contributed by atoms with Gasteiger partial charge in [-0.05, 0) is 32.0 Å². The zero-order valence-corrected chi connectivity index (χ0v) is 10.8. The van der Waals surface area contributed by atoms with Gasteiger partial charge in [0, 0.05) is 20.3 Å². The first-order valence-electron chi connectivity index (χ1n) is 6.02. The van der Waals surface area contributed by atoms with Crippen molar-refractivity contribution in [1.29, 1.82) is 0 Å². The van der Waals surface area contributed by atoms with Crippen molar-refractivity contribution in [1.82, 2.24) is 9.55 Å². The topological polar surface area (TPSA) is 36.3 Å². The maximum absolute atomic E-state index is 13.2. The molecule has 0 aliphatic rings. The summed E-state index contributed by atoms with van der Waals surface area (Å²) in [5, 5.41) is 0. The second kappa shape index (κ2) is 5.46. The van der Waals surface area contributed by atoms with E-state index in [0.717, 1.165) is 11.0 Å². The van der Waals surface area contributed by atoms with Crippen molar-refractivity contribution in [3.05, 3.63) is 29.8 Å². The van der Waals surface area contributed by atoms with Crippen molar-refractivity contribution in [2.24, 2.45) is 7.05 Å². The number of hydrogen-bond acceptors (Lipinski definition) is 3. The van der Waals surface area contributed by atoms with Gasteiger partial charge in [0.25, 0.3) is 0 Å². The molecule has 0 bridgehead atoms. The Balaban J connectivity index is 2.46. The van der Waals surface area contributed by atoms with Crippen LogP contribution in [0, 0.1) is 5.82 Å². The summed E-state index contributed by atoms with van der Waals surface area (Å²) in [5.41, 5.74) is 1.47. The molecule has 2 rings (SSSR count). The molecule has 0 spiro atoms. The zero-order valence-electron chi connectivity index (χ0n) is 10.8. The molecular weight excluding hydrogens is 235 g/mol. The maximum Gasteiger partial charge on any atom is 0.217 e. The molecule has 1 aromatic heterocycles. The molecular formula is C13H17FN2O2. The summed E-state index contributed by atoms with van der Waals surface area (Å²) >= 11 is 0. The third-order valence-electron chi connectivity index (χ3n) is 2.72. The summed E-state index contributed by atoms with van der Waals surface area (Å²) in [6.45, 7) is 4.85. The van der Waals surface area contributed by atoms with Crippen molar-refractivity contribution in [2.75, 3.05) is 13.2 Å². The van der Waals surface area contributed by atoms with Crippen molar-refractivity contribution < 1.29 is 13.9 Å². The van der Waals surface area contributed by atoms with Crippen molar-refractivity contribution in [2.45, 2.75) is 20.1 Å². The minimum absolute atomic E-state index is 0.276. The van der Waals surface area contributed by atoms with Gasteiger partial charge in [0.2, 0.25) is 6.29 Å². The summed E-state index contributed by atoms with van der Waals surface area (Å²) in [5.74, 6) is 0.376. The van der Waals surface area contributed by atoms with E-state index in [9.17, 15) is 4.39 Å². The Morgan fingerprint density at radius 2 is 1.94 bits per heavy atom. The number of benzene rings is 1. The highest BCUT2D eigenvalue weighted by atomic mass is 19.1. The number of aryl methyl sites for hydroxylation is 1. The van der Waals surface area contributed by atoms with Crippen LogP contribution in [0.3, 0.4) is 0 Å². The molecule has 0 saturated heterocycles. The molecule has 2 aromatic rings. The summed E-state index contributed by atoms with van der Waals surface area (Å²) < 4.78 is 26.0. The molecule has 0 N–H and O–H groups in total. The highest BCUT2D eigenvalue weighted by Crippen LogP contribution is 2.23. The van der Waals surface area contributed by atoms with Gasteiger partial charge in [0.05, 0.1) is 11.0 Å². The van der Waals surface area contributed by atoms with E-state index >= 15 is 0 Å². The van der Waals surface area contributed by atoms with Gasteiger partial charge in [-0.15, -0.1) is 0 Å². The fourth-order valence-electron chi connectivity index (χ4n) is 1.89. The minimum Gasteiger partial charge on any atom is -0.346 e. The lowest BCUT2D eigenvalue weighted by molar-refractivity contribution is -0.146. The van der Waals surface area contributed by atoms with E-state index < -0.39 is 6.29 Å². The molecule has 0 fully saturated rings. The summed E-state index contributed by atoms with van der Waals surface area (Å²) in [4.78, 5) is 4.44. The number of halogens is 1. The number of ether oxygens (including phenoxy) is 2. The van der Waals surface area contributed by atoms with Gasteiger partial charge in [0.15, 0.2) is 5.82 Å². The lowest BCUT2D eigenvalue weighted by Crippen LogP contribution is -2.13. The van der Waals surface area contributed by atoms with Crippen LogP contribution in [0.1, 0.15) is 26.0 Å². The highest BCUT2D eigenvalue weighted by molar-refractivity contribution is 5.76. The average molecular weight is 252 g/mol. The van der Waals surface area contributed by atoms with Gasteiger partial charge in [-0.1, -0.05) is 0 Å². The fourth-order valence-corrected chi connectivity index (χ4v) is 1.89. The number of imidazole rings is 1. The molecule has 98 valence electrons.